The van der Waals surface area contributed by atoms with Crippen LogP contribution in [0.3, 0.4) is 0 Å². The van der Waals surface area contributed by atoms with Crippen LogP contribution in [0.4, 0.5) is 0 Å². The SMILES string of the molecule is O=C(/C=C/c1ccccc1)[C@@H]1C[C@H]1Br. The Bertz CT molecular complexity index is 356. The highest BCUT2D eigenvalue weighted by Gasteiger charge is 2.39. The summed E-state index contributed by atoms with van der Waals surface area (Å²) in [5, 5.41) is 0. The summed E-state index contributed by atoms with van der Waals surface area (Å²) in [4.78, 5) is 11.9. The van der Waals surface area contributed by atoms with Crippen molar-refractivity contribution >= 4 is 27.8 Å². The summed E-state index contributed by atoms with van der Waals surface area (Å²) >= 11 is 3.42. The molecule has 14 heavy (non-hydrogen) atoms. The van der Waals surface area contributed by atoms with Gasteiger partial charge in [0.1, 0.15) is 0 Å². The molecular weight excluding hydrogens is 240 g/mol. The number of carbonyl (C=O) groups excluding carboxylic acids is 1. The van der Waals surface area contributed by atoms with Gasteiger partial charge in [0.05, 0.1) is 0 Å². The van der Waals surface area contributed by atoms with Crippen LogP contribution in [0, 0.1) is 5.92 Å². The van der Waals surface area contributed by atoms with E-state index in [9.17, 15) is 4.79 Å². The van der Waals surface area contributed by atoms with E-state index in [-0.39, 0.29) is 11.7 Å². The lowest BCUT2D eigenvalue weighted by atomic mass is 10.1. The molecule has 0 unspecified atom stereocenters. The summed E-state index contributed by atoms with van der Waals surface area (Å²) < 4.78 is 0. The Labute approximate surface area is 92.0 Å². The Hall–Kier alpha value is -0.890. The second-order valence-corrected chi connectivity index (χ2v) is 4.68. The molecule has 0 spiro atoms. The van der Waals surface area contributed by atoms with E-state index in [1.54, 1.807) is 6.08 Å². The molecule has 2 rings (SSSR count). The van der Waals surface area contributed by atoms with Crippen molar-refractivity contribution in [1.82, 2.24) is 0 Å². The van der Waals surface area contributed by atoms with Gasteiger partial charge < -0.3 is 0 Å². The molecule has 1 aliphatic carbocycles. The topological polar surface area (TPSA) is 17.1 Å². The highest BCUT2D eigenvalue weighted by Crippen LogP contribution is 2.38. The van der Waals surface area contributed by atoms with Gasteiger partial charge in [0, 0.05) is 10.7 Å². The van der Waals surface area contributed by atoms with Gasteiger partial charge in [-0.3, -0.25) is 4.79 Å². The Kier molecular flexibility index (Phi) is 2.82. The first-order valence-electron chi connectivity index (χ1n) is 4.68. The molecule has 0 heterocycles. The zero-order valence-electron chi connectivity index (χ0n) is 7.69. The van der Waals surface area contributed by atoms with Gasteiger partial charge in [0.15, 0.2) is 5.78 Å². The summed E-state index contributed by atoms with van der Waals surface area (Å²) in [6.07, 6.45) is 4.54. The number of rotatable bonds is 3. The van der Waals surface area contributed by atoms with E-state index in [0.717, 1.165) is 12.0 Å². The van der Waals surface area contributed by atoms with E-state index in [1.165, 1.54) is 0 Å². The van der Waals surface area contributed by atoms with Crippen molar-refractivity contribution in [2.24, 2.45) is 5.92 Å². The minimum Gasteiger partial charge on any atom is -0.295 e. The van der Waals surface area contributed by atoms with Gasteiger partial charge in [-0.2, -0.15) is 0 Å². The molecule has 1 fully saturated rings. The van der Waals surface area contributed by atoms with Crippen LogP contribution in [-0.2, 0) is 4.79 Å². The summed E-state index contributed by atoms with van der Waals surface area (Å²) in [5.41, 5.74) is 1.08. The van der Waals surface area contributed by atoms with E-state index in [0.29, 0.717) is 4.83 Å². The molecule has 2 heteroatoms. The fourth-order valence-electron chi connectivity index (χ4n) is 1.32. The maximum absolute atomic E-state index is 11.5. The molecule has 1 aromatic rings. The largest absolute Gasteiger partial charge is 0.295 e. The van der Waals surface area contributed by atoms with Gasteiger partial charge in [-0.1, -0.05) is 52.3 Å². The second kappa shape index (κ2) is 4.09. The van der Waals surface area contributed by atoms with E-state index in [4.69, 9.17) is 0 Å². The lowest BCUT2D eigenvalue weighted by Crippen LogP contribution is -1.96. The van der Waals surface area contributed by atoms with Crippen LogP contribution < -0.4 is 0 Å². The molecule has 0 N–H and O–H groups in total. The minimum absolute atomic E-state index is 0.218. The number of carbonyl (C=O) groups is 1. The third-order valence-electron chi connectivity index (χ3n) is 2.32. The number of hydrogen-bond acceptors (Lipinski definition) is 1. The molecule has 1 nitrogen and oxygen atoms in total. The molecule has 0 saturated heterocycles. The van der Waals surface area contributed by atoms with E-state index >= 15 is 0 Å². The number of allylic oxidation sites excluding steroid dienone is 1. The average Bonchev–Trinajstić information content (AvgIpc) is 2.94. The second-order valence-electron chi connectivity index (χ2n) is 3.50. The fraction of sp³-hybridized carbons (Fsp3) is 0.250. The van der Waals surface area contributed by atoms with E-state index in [1.807, 2.05) is 36.4 Å². The molecule has 2 atom stereocenters. The third kappa shape index (κ3) is 2.32. The van der Waals surface area contributed by atoms with Gasteiger partial charge >= 0.3 is 0 Å². The zero-order valence-corrected chi connectivity index (χ0v) is 9.28. The van der Waals surface area contributed by atoms with Gasteiger partial charge in [-0.05, 0) is 18.1 Å². The first kappa shape index (κ1) is 9.66. The van der Waals surface area contributed by atoms with Crippen molar-refractivity contribution in [3.63, 3.8) is 0 Å². The van der Waals surface area contributed by atoms with Gasteiger partial charge in [0.2, 0.25) is 0 Å². The predicted octanol–water partition coefficient (Wildman–Crippen LogP) is 3.05. The molecule has 1 aliphatic rings. The first-order chi connectivity index (χ1) is 6.77. The maximum Gasteiger partial charge on any atom is 0.159 e. The van der Waals surface area contributed by atoms with Crippen LogP contribution in [0.25, 0.3) is 6.08 Å². The molecule has 72 valence electrons. The number of halogens is 1. The summed E-state index contributed by atoms with van der Waals surface area (Å²) in [7, 11) is 0. The lowest BCUT2D eigenvalue weighted by molar-refractivity contribution is -0.115. The predicted molar refractivity (Wildman–Crippen MR) is 61.3 cm³/mol. The summed E-state index contributed by atoms with van der Waals surface area (Å²) in [6.45, 7) is 0. The molecule has 1 aromatic carbocycles. The number of hydrogen-bond donors (Lipinski definition) is 0. The van der Waals surface area contributed by atoms with Crippen LogP contribution in [0.5, 0.6) is 0 Å². The number of ketones is 1. The van der Waals surface area contributed by atoms with Crippen molar-refractivity contribution in [3.05, 3.63) is 42.0 Å². The molecule has 0 bridgehead atoms. The molecule has 1 saturated carbocycles. The van der Waals surface area contributed by atoms with Crippen molar-refractivity contribution in [2.75, 3.05) is 0 Å². The van der Waals surface area contributed by atoms with Crippen molar-refractivity contribution in [2.45, 2.75) is 11.2 Å². The van der Waals surface area contributed by atoms with Crippen LogP contribution in [0.2, 0.25) is 0 Å². The average molecular weight is 251 g/mol. The monoisotopic (exact) mass is 250 g/mol. The van der Waals surface area contributed by atoms with Crippen molar-refractivity contribution < 1.29 is 4.79 Å². The Balaban J connectivity index is 1.97. The highest BCUT2D eigenvalue weighted by molar-refractivity contribution is 9.09. The molecule has 0 radical (unpaired) electrons. The van der Waals surface area contributed by atoms with E-state index < -0.39 is 0 Å². The Morgan fingerprint density at radius 1 is 1.36 bits per heavy atom. The Morgan fingerprint density at radius 3 is 2.57 bits per heavy atom. The quantitative estimate of drug-likeness (QED) is 0.596. The van der Waals surface area contributed by atoms with Crippen LogP contribution in [-0.4, -0.2) is 10.6 Å². The van der Waals surface area contributed by atoms with Gasteiger partial charge in [-0.15, -0.1) is 0 Å². The van der Waals surface area contributed by atoms with E-state index in [2.05, 4.69) is 15.9 Å². The molecular formula is C12H11BrO. The van der Waals surface area contributed by atoms with Crippen LogP contribution in [0.15, 0.2) is 36.4 Å². The molecule has 0 aliphatic heterocycles. The van der Waals surface area contributed by atoms with Crippen molar-refractivity contribution in [3.8, 4) is 0 Å². The maximum atomic E-state index is 11.5. The molecule has 0 amide bonds. The summed E-state index contributed by atoms with van der Waals surface area (Å²) in [6, 6.07) is 9.88. The van der Waals surface area contributed by atoms with Crippen molar-refractivity contribution in [1.29, 1.82) is 0 Å². The zero-order chi connectivity index (χ0) is 9.97. The normalized spacial score (nSPS) is 25.2. The third-order valence-corrected chi connectivity index (χ3v) is 3.33. The minimum atomic E-state index is 0.218. The Morgan fingerprint density at radius 2 is 2.00 bits per heavy atom. The van der Waals surface area contributed by atoms with Gasteiger partial charge in [-0.25, -0.2) is 0 Å². The number of benzene rings is 1. The summed E-state index contributed by atoms with van der Waals surface area (Å²) in [5.74, 6) is 0.450. The highest BCUT2D eigenvalue weighted by atomic mass is 79.9. The lowest BCUT2D eigenvalue weighted by Gasteiger charge is -1.91. The smallest absolute Gasteiger partial charge is 0.159 e. The van der Waals surface area contributed by atoms with Gasteiger partial charge in [0.25, 0.3) is 0 Å². The molecule has 0 aromatic heterocycles. The standard InChI is InChI=1S/C12H11BrO/c13-11-8-10(11)12(14)7-6-9-4-2-1-3-5-9/h1-7,10-11H,8H2/b7-6+/t10-,11-/m1/s1. The van der Waals surface area contributed by atoms with Crippen LogP contribution in [0.1, 0.15) is 12.0 Å². The fourth-order valence-corrected chi connectivity index (χ4v) is 1.99. The first-order valence-corrected chi connectivity index (χ1v) is 5.60. The van der Waals surface area contributed by atoms with Crippen LogP contribution >= 0.6 is 15.9 Å². The number of alkyl halides is 1.